The molecule has 0 aromatic heterocycles. The Morgan fingerprint density at radius 1 is 1.42 bits per heavy atom. The lowest BCUT2D eigenvalue weighted by Crippen LogP contribution is -2.43. The van der Waals surface area contributed by atoms with E-state index in [0.29, 0.717) is 5.56 Å². The van der Waals surface area contributed by atoms with Crippen LogP contribution in [0.4, 0.5) is 0 Å². The van der Waals surface area contributed by atoms with Crippen LogP contribution in [0.2, 0.25) is 0 Å². The summed E-state index contributed by atoms with van der Waals surface area (Å²) in [5, 5.41) is 8.85. The van der Waals surface area contributed by atoms with E-state index in [9.17, 15) is 18.0 Å². The number of carboxylic acids is 1. The number of sulfonamides is 1. The Labute approximate surface area is 110 Å². The number of carbonyl (C=O) groups is 2. The number of hydrogen-bond donors (Lipinski definition) is 3. The van der Waals surface area contributed by atoms with E-state index in [-0.39, 0.29) is 4.90 Å². The molecule has 0 saturated carbocycles. The Bertz CT molecular complexity index is 597. The lowest BCUT2D eigenvalue weighted by molar-refractivity contribution is -0.140. The maximum atomic E-state index is 12.0. The minimum Gasteiger partial charge on any atom is -0.480 e. The molecule has 1 atom stereocenters. The Balaban J connectivity index is 3.00. The summed E-state index contributed by atoms with van der Waals surface area (Å²) in [5.74, 6) is -2.37. The van der Waals surface area contributed by atoms with Crippen molar-refractivity contribution < 1.29 is 23.1 Å². The van der Waals surface area contributed by atoms with Gasteiger partial charge in [0.25, 0.3) is 0 Å². The second kappa shape index (κ2) is 5.81. The fourth-order valence-corrected chi connectivity index (χ4v) is 2.71. The van der Waals surface area contributed by atoms with Gasteiger partial charge in [0.15, 0.2) is 0 Å². The topological polar surface area (TPSA) is 127 Å². The maximum Gasteiger partial charge on any atom is 0.322 e. The zero-order valence-electron chi connectivity index (χ0n) is 10.2. The molecule has 1 amide bonds. The first-order chi connectivity index (χ1) is 8.72. The first kappa shape index (κ1) is 15.1. The predicted octanol–water partition coefficient (Wildman–Crippen LogP) is -0.398. The van der Waals surface area contributed by atoms with E-state index in [4.69, 9.17) is 10.8 Å². The third-order valence-corrected chi connectivity index (χ3v) is 3.77. The van der Waals surface area contributed by atoms with Gasteiger partial charge in [-0.3, -0.25) is 9.59 Å². The molecular weight excluding hydrogens is 272 g/mol. The van der Waals surface area contributed by atoms with Crippen molar-refractivity contribution in [3.63, 3.8) is 0 Å². The van der Waals surface area contributed by atoms with Crippen LogP contribution >= 0.6 is 0 Å². The Kier molecular flexibility index (Phi) is 4.62. The average molecular weight is 286 g/mol. The molecule has 8 heteroatoms. The van der Waals surface area contributed by atoms with Gasteiger partial charge in [-0.25, -0.2) is 8.42 Å². The van der Waals surface area contributed by atoms with E-state index < -0.39 is 34.4 Å². The van der Waals surface area contributed by atoms with E-state index in [1.165, 1.54) is 18.2 Å². The lowest BCUT2D eigenvalue weighted by atomic mass is 10.2. The molecule has 0 heterocycles. The van der Waals surface area contributed by atoms with Gasteiger partial charge in [0.2, 0.25) is 15.9 Å². The summed E-state index contributed by atoms with van der Waals surface area (Å²) < 4.78 is 25.8. The average Bonchev–Trinajstić information content (AvgIpc) is 2.27. The molecule has 0 radical (unpaired) electrons. The van der Waals surface area contributed by atoms with Gasteiger partial charge >= 0.3 is 5.97 Å². The molecule has 0 aliphatic rings. The van der Waals surface area contributed by atoms with E-state index in [1.54, 1.807) is 13.0 Å². The van der Waals surface area contributed by atoms with Crippen LogP contribution in [0.3, 0.4) is 0 Å². The standard InChI is InChI=1S/C11H14N2O5S/c1-7-3-2-4-8(5-7)19(17,18)13-9(11(15)16)6-10(12)14/h2-5,9,13H,6H2,1H3,(H2,12,14)(H,15,16)/t9-/m1/s1. The fraction of sp³-hybridized carbons (Fsp3) is 0.273. The van der Waals surface area contributed by atoms with Crippen molar-refractivity contribution in [1.29, 1.82) is 0 Å². The van der Waals surface area contributed by atoms with Crippen LogP contribution in [0, 0.1) is 6.92 Å². The summed E-state index contributed by atoms with van der Waals surface area (Å²) in [6, 6.07) is 4.39. The third-order valence-electron chi connectivity index (χ3n) is 2.30. The molecule has 0 fully saturated rings. The van der Waals surface area contributed by atoms with E-state index in [0.717, 1.165) is 0 Å². The lowest BCUT2D eigenvalue weighted by Gasteiger charge is -2.13. The molecule has 1 aromatic carbocycles. The number of nitrogens with two attached hydrogens (primary N) is 1. The summed E-state index contributed by atoms with van der Waals surface area (Å²) >= 11 is 0. The highest BCUT2D eigenvalue weighted by molar-refractivity contribution is 7.89. The summed E-state index contributed by atoms with van der Waals surface area (Å²) in [4.78, 5) is 21.5. The number of carbonyl (C=O) groups excluding carboxylic acids is 1. The number of hydrogen-bond acceptors (Lipinski definition) is 4. The molecule has 4 N–H and O–H groups in total. The van der Waals surface area contributed by atoms with Crippen LogP contribution in [-0.2, 0) is 19.6 Å². The molecule has 0 aliphatic carbocycles. The Morgan fingerprint density at radius 3 is 2.53 bits per heavy atom. The second-order valence-corrected chi connectivity index (χ2v) is 5.71. The van der Waals surface area contributed by atoms with Gasteiger partial charge < -0.3 is 10.8 Å². The fourth-order valence-electron chi connectivity index (χ4n) is 1.42. The highest BCUT2D eigenvalue weighted by Crippen LogP contribution is 2.11. The smallest absolute Gasteiger partial charge is 0.322 e. The van der Waals surface area contributed by atoms with E-state index in [1.807, 2.05) is 4.72 Å². The van der Waals surface area contributed by atoms with E-state index >= 15 is 0 Å². The number of aliphatic carboxylic acids is 1. The predicted molar refractivity (Wildman–Crippen MR) is 66.7 cm³/mol. The van der Waals surface area contributed by atoms with Crippen LogP contribution in [-0.4, -0.2) is 31.4 Å². The molecule has 19 heavy (non-hydrogen) atoms. The molecule has 1 rings (SSSR count). The number of benzene rings is 1. The molecule has 0 bridgehead atoms. The number of amides is 1. The van der Waals surface area contributed by atoms with Crippen molar-refractivity contribution in [3.8, 4) is 0 Å². The molecule has 104 valence electrons. The zero-order valence-corrected chi connectivity index (χ0v) is 11.0. The summed E-state index contributed by atoms with van der Waals surface area (Å²) in [7, 11) is -4.01. The minimum absolute atomic E-state index is 0.0665. The first-order valence-electron chi connectivity index (χ1n) is 5.32. The van der Waals surface area contributed by atoms with Crippen molar-refractivity contribution in [2.24, 2.45) is 5.73 Å². The molecule has 0 saturated heterocycles. The molecule has 0 aliphatic heterocycles. The molecule has 0 unspecified atom stereocenters. The molecular formula is C11H14N2O5S. The summed E-state index contributed by atoms with van der Waals surface area (Å²) in [6.45, 7) is 1.71. The molecule has 0 spiro atoms. The van der Waals surface area contributed by atoms with Gasteiger partial charge in [-0.05, 0) is 24.6 Å². The monoisotopic (exact) mass is 286 g/mol. The Hall–Kier alpha value is -1.93. The van der Waals surface area contributed by atoms with Crippen molar-refractivity contribution in [2.45, 2.75) is 24.3 Å². The highest BCUT2D eigenvalue weighted by atomic mass is 32.2. The van der Waals surface area contributed by atoms with Crippen molar-refractivity contribution in [3.05, 3.63) is 29.8 Å². The maximum absolute atomic E-state index is 12.0. The SMILES string of the molecule is Cc1cccc(S(=O)(=O)N[C@H](CC(N)=O)C(=O)O)c1. The largest absolute Gasteiger partial charge is 0.480 e. The van der Waals surface area contributed by atoms with Crippen LogP contribution < -0.4 is 10.5 Å². The van der Waals surface area contributed by atoms with Crippen LogP contribution in [0.5, 0.6) is 0 Å². The van der Waals surface area contributed by atoms with Gasteiger partial charge in [0.05, 0.1) is 11.3 Å². The number of nitrogens with one attached hydrogen (secondary N) is 1. The van der Waals surface area contributed by atoms with Crippen molar-refractivity contribution in [2.75, 3.05) is 0 Å². The van der Waals surface area contributed by atoms with E-state index in [2.05, 4.69) is 0 Å². The van der Waals surface area contributed by atoms with Gasteiger partial charge in [-0.1, -0.05) is 12.1 Å². The van der Waals surface area contributed by atoms with Crippen molar-refractivity contribution >= 4 is 21.9 Å². The number of primary amides is 1. The number of aryl methyl sites for hydroxylation is 1. The summed E-state index contributed by atoms with van der Waals surface area (Å²) in [5.41, 5.74) is 5.59. The van der Waals surface area contributed by atoms with Gasteiger partial charge in [-0.2, -0.15) is 4.72 Å². The quantitative estimate of drug-likeness (QED) is 0.656. The second-order valence-electron chi connectivity index (χ2n) is 4.00. The van der Waals surface area contributed by atoms with Gasteiger partial charge in [0.1, 0.15) is 6.04 Å². The van der Waals surface area contributed by atoms with Gasteiger partial charge in [0, 0.05) is 0 Å². The third kappa shape index (κ3) is 4.34. The number of carboxylic acid groups (broad SMARTS) is 1. The van der Waals surface area contributed by atoms with Crippen LogP contribution in [0.15, 0.2) is 29.2 Å². The molecule has 7 nitrogen and oxygen atoms in total. The highest BCUT2D eigenvalue weighted by Gasteiger charge is 2.26. The normalized spacial score (nSPS) is 12.9. The summed E-state index contributed by atoms with van der Waals surface area (Å²) in [6.07, 6.45) is -0.611. The molecule has 1 aromatic rings. The minimum atomic E-state index is -4.01. The van der Waals surface area contributed by atoms with Crippen LogP contribution in [0.25, 0.3) is 0 Å². The van der Waals surface area contributed by atoms with Crippen LogP contribution in [0.1, 0.15) is 12.0 Å². The number of rotatable bonds is 6. The van der Waals surface area contributed by atoms with Gasteiger partial charge in [-0.15, -0.1) is 0 Å². The first-order valence-corrected chi connectivity index (χ1v) is 6.81. The zero-order chi connectivity index (χ0) is 14.6. The van der Waals surface area contributed by atoms with Crippen molar-refractivity contribution in [1.82, 2.24) is 4.72 Å². The Morgan fingerprint density at radius 2 is 2.05 bits per heavy atom.